The molecule has 23 heavy (non-hydrogen) atoms. The van der Waals surface area contributed by atoms with Gasteiger partial charge in [-0.15, -0.1) is 0 Å². The summed E-state index contributed by atoms with van der Waals surface area (Å²) >= 11 is 0. The molecule has 2 amide bonds. The van der Waals surface area contributed by atoms with Crippen molar-refractivity contribution in [2.45, 2.75) is 25.3 Å². The summed E-state index contributed by atoms with van der Waals surface area (Å²) in [5, 5.41) is 3.38. The van der Waals surface area contributed by atoms with Gasteiger partial charge in [-0.1, -0.05) is 0 Å². The minimum absolute atomic E-state index is 0.184. The number of ether oxygens (including phenoxy) is 1. The molecular formula is C16H28N4O3. The summed E-state index contributed by atoms with van der Waals surface area (Å²) in [7, 11) is 0. The average Bonchev–Trinajstić information content (AvgIpc) is 3.09. The molecule has 3 aliphatic heterocycles. The SMILES string of the molecule is O=C(CC1CCCN1)N1CCN(CC(=O)N2CCOCC2)CC1. The summed E-state index contributed by atoms with van der Waals surface area (Å²) in [4.78, 5) is 30.6. The fourth-order valence-electron chi connectivity index (χ4n) is 3.53. The van der Waals surface area contributed by atoms with Gasteiger partial charge in [0.05, 0.1) is 19.8 Å². The van der Waals surface area contributed by atoms with Gasteiger partial charge in [0, 0.05) is 51.7 Å². The number of hydrogen-bond acceptors (Lipinski definition) is 5. The molecule has 0 aliphatic carbocycles. The third-order valence-corrected chi connectivity index (χ3v) is 5.03. The van der Waals surface area contributed by atoms with Crippen molar-refractivity contribution in [3.8, 4) is 0 Å². The lowest BCUT2D eigenvalue weighted by molar-refractivity contribution is -0.138. The minimum Gasteiger partial charge on any atom is -0.378 e. The van der Waals surface area contributed by atoms with Crippen LogP contribution in [0.4, 0.5) is 0 Å². The summed E-state index contributed by atoms with van der Waals surface area (Å²) in [5.41, 5.74) is 0. The number of piperazine rings is 1. The average molecular weight is 324 g/mol. The van der Waals surface area contributed by atoms with E-state index in [1.807, 2.05) is 9.80 Å². The van der Waals surface area contributed by atoms with E-state index in [0.717, 1.165) is 39.1 Å². The maximum atomic E-state index is 12.3. The van der Waals surface area contributed by atoms with E-state index >= 15 is 0 Å². The molecule has 7 heteroatoms. The van der Waals surface area contributed by atoms with Crippen LogP contribution < -0.4 is 5.32 Å². The van der Waals surface area contributed by atoms with E-state index in [0.29, 0.717) is 45.3 Å². The predicted octanol–water partition coefficient (Wildman–Crippen LogP) is -0.868. The van der Waals surface area contributed by atoms with E-state index in [-0.39, 0.29) is 11.8 Å². The monoisotopic (exact) mass is 324 g/mol. The summed E-state index contributed by atoms with van der Waals surface area (Å²) in [6.07, 6.45) is 2.90. The molecule has 0 aromatic heterocycles. The Balaban J connectivity index is 1.37. The molecule has 130 valence electrons. The highest BCUT2D eigenvalue weighted by molar-refractivity contribution is 5.79. The number of hydrogen-bond donors (Lipinski definition) is 1. The van der Waals surface area contributed by atoms with Crippen molar-refractivity contribution in [3.63, 3.8) is 0 Å². The van der Waals surface area contributed by atoms with Gasteiger partial charge in [-0.2, -0.15) is 0 Å². The predicted molar refractivity (Wildman–Crippen MR) is 86.1 cm³/mol. The standard InChI is InChI=1S/C16H28N4O3/c21-15(12-14-2-1-3-17-14)19-6-4-18(5-7-19)13-16(22)20-8-10-23-11-9-20/h14,17H,1-13H2. The smallest absolute Gasteiger partial charge is 0.236 e. The van der Waals surface area contributed by atoms with Gasteiger partial charge in [0.1, 0.15) is 0 Å². The van der Waals surface area contributed by atoms with Crippen LogP contribution in [0.1, 0.15) is 19.3 Å². The molecule has 3 aliphatic rings. The van der Waals surface area contributed by atoms with Crippen molar-refractivity contribution in [1.82, 2.24) is 20.0 Å². The Morgan fingerprint density at radius 2 is 1.65 bits per heavy atom. The lowest BCUT2D eigenvalue weighted by Gasteiger charge is -2.36. The van der Waals surface area contributed by atoms with Crippen LogP contribution in [0, 0.1) is 0 Å². The van der Waals surface area contributed by atoms with Gasteiger partial charge in [0.15, 0.2) is 0 Å². The van der Waals surface area contributed by atoms with E-state index in [9.17, 15) is 9.59 Å². The number of rotatable bonds is 4. The second kappa shape index (κ2) is 8.08. The number of carbonyl (C=O) groups excluding carboxylic acids is 2. The summed E-state index contributed by atoms with van der Waals surface area (Å²) in [6.45, 7) is 7.25. The third-order valence-electron chi connectivity index (χ3n) is 5.03. The normalized spacial score (nSPS) is 26.5. The number of nitrogens with zero attached hydrogens (tertiary/aromatic N) is 3. The van der Waals surface area contributed by atoms with Crippen LogP contribution in [0.5, 0.6) is 0 Å². The first-order valence-corrected chi connectivity index (χ1v) is 8.81. The van der Waals surface area contributed by atoms with Gasteiger partial charge in [0.25, 0.3) is 0 Å². The van der Waals surface area contributed by atoms with Crippen LogP contribution in [0.2, 0.25) is 0 Å². The van der Waals surface area contributed by atoms with E-state index in [2.05, 4.69) is 10.2 Å². The molecule has 0 spiro atoms. The van der Waals surface area contributed by atoms with Gasteiger partial charge in [-0.05, 0) is 19.4 Å². The van der Waals surface area contributed by atoms with Crippen molar-refractivity contribution in [3.05, 3.63) is 0 Å². The van der Waals surface area contributed by atoms with Crippen LogP contribution in [0.3, 0.4) is 0 Å². The van der Waals surface area contributed by atoms with Gasteiger partial charge in [-0.3, -0.25) is 14.5 Å². The topological polar surface area (TPSA) is 65.1 Å². The Morgan fingerprint density at radius 1 is 0.957 bits per heavy atom. The number of carbonyl (C=O) groups is 2. The van der Waals surface area contributed by atoms with Gasteiger partial charge >= 0.3 is 0 Å². The molecule has 7 nitrogen and oxygen atoms in total. The Hall–Kier alpha value is -1.18. The summed E-state index contributed by atoms with van der Waals surface area (Å²) in [5.74, 6) is 0.437. The van der Waals surface area contributed by atoms with E-state index < -0.39 is 0 Å². The van der Waals surface area contributed by atoms with Gasteiger partial charge < -0.3 is 19.9 Å². The second-order valence-electron chi connectivity index (χ2n) is 6.65. The Bertz CT molecular complexity index is 412. The highest BCUT2D eigenvalue weighted by Gasteiger charge is 2.26. The highest BCUT2D eigenvalue weighted by Crippen LogP contribution is 2.12. The summed E-state index contributed by atoms with van der Waals surface area (Å²) in [6, 6.07) is 0.364. The minimum atomic E-state index is 0.184. The Morgan fingerprint density at radius 3 is 2.30 bits per heavy atom. The molecule has 3 fully saturated rings. The molecule has 1 unspecified atom stereocenters. The molecular weight excluding hydrogens is 296 g/mol. The van der Waals surface area contributed by atoms with Crippen LogP contribution in [-0.2, 0) is 14.3 Å². The van der Waals surface area contributed by atoms with Crippen molar-refractivity contribution < 1.29 is 14.3 Å². The van der Waals surface area contributed by atoms with Gasteiger partial charge in [0.2, 0.25) is 11.8 Å². The quantitative estimate of drug-likeness (QED) is 0.728. The second-order valence-corrected chi connectivity index (χ2v) is 6.65. The van der Waals surface area contributed by atoms with Crippen molar-refractivity contribution >= 4 is 11.8 Å². The largest absolute Gasteiger partial charge is 0.378 e. The first kappa shape index (κ1) is 16.7. The number of nitrogens with one attached hydrogen (secondary N) is 1. The van der Waals surface area contributed by atoms with Crippen molar-refractivity contribution in [2.75, 3.05) is 65.6 Å². The molecule has 3 saturated heterocycles. The van der Waals surface area contributed by atoms with Crippen LogP contribution in [0.25, 0.3) is 0 Å². The number of morpholine rings is 1. The van der Waals surface area contributed by atoms with Crippen LogP contribution in [-0.4, -0.2) is 98.1 Å². The molecule has 0 aromatic rings. The Kier molecular flexibility index (Phi) is 5.85. The van der Waals surface area contributed by atoms with Crippen molar-refractivity contribution in [1.29, 1.82) is 0 Å². The molecule has 0 radical (unpaired) electrons. The highest BCUT2D eigenvalue weighted by atomic mass is 16.5. The van der Waals surface area contributed by atoms with Gasteiger partial charge in [-0.25, -0.2) is 0 Å². The zero-order valence-corrected chi connectivity index (χ0v) is 13.8. The van der Waals surface area contributed by atoms with E-state index in [1.165, 1.54) is 6.42 Å². The van der Waals surface area contributed by atoms with Crippen molar-refractivity contribution in [2.24, 2.45) is 0 Å². The fourth-order valence-corrected chi connectivity index (χ4v) is 3.53. The first-order chi connectivity index (χ1) is 11.2. The molecule has 0 aromatic carbocycles. The molecule has 3 heterocycles. The Labute approximate surface area is 137 Å². The summed E-state index contributed by atoms with van der Waals surface area (Å²) < 4.78 is 5.28. The zero-order chi connectivity index (χ0) is 16.1. The third kappa shape index (κ3) is 4.65. The van der Waals surface area contributed by atoms with Crippen LogP contribution >= 0.6 is 0 Å². The molecule has 0 bridgehead atoms. The molecule has 1 atom stereocenters. The van der Waals surface area contributed by atoms with E-state index in [4.69, 9.17) is 4.74 Å². The number of amides is 2. The maximum absolute atomic E-state index is 12.3. The van der Waals surface area contributed by atoms with E-state index in [1.54, 1.807) is 0 Å². The van der Waals surface area contributed by atoms with Crippen LogP contribution in [0.15, 0.2) is 0 Å². The molecule has 3 rings (SSSR count). The lowest BCUT2D eigenvalue weighted by Crippen LogP contribution is -2.53. The first-order valence-electron chi connectivity index (χ1n) is 8.81. The fraction of sp³-hybridized carbons (Fsp3) is 0.875. The lowest BCUT2D eigenvalue weighted by atomic mass is 10.1. The zero-order valence-electron chi connectivity index (χ0n) is 13.8. The molecule has 1 N–H and O–H groups in total. The molecule has 0 saturated carbocycles. The maximum Gasteiger partial charge on any atom is 0.236 e.